The Morgan fingerprint density at radius 3 is 2.71 bits per heavy atom. The molecule has 2 aromatic rings. The predicted octanol–water partition coefficient (Wildman–Crippen LogP) is 2.91. The molecule has 1 heterocycles. The Hall–Kier alpha value is -2.58. The van der Waals surface area contributed by atoms with Crippen LogP contribution < -0.4 is 15.1 Å². The van der Waals surface area contributed by atoms with Crippen molar-refractivity contribution < 1.29 is 18.7 Å². The van der Waals surface area contributed by atoms with Gasteiger partial charge in [0.15, 0.2) is 0 Å². The summed E-state index contributed by atoms with van der Waals surface area (Å²) in [6, 6.07) is 12.4. The van der Waals surface area contributed by atoms with E-state index in [2.05, 4.69) is 10.5 Å². The molecule has 0 unspecified atom stereocenters. The second kappa shape index (κ2) is 10.1. The van der Waals surface area contributed by atoms with Crippen molar-refractivity contribution in [1.82, 2.24) is 5.43 Å². The number of hydrogen-bond donors (Lipinski definition) is 1. The Bertz CT molecular complexity index is 824. The molecule has 3 rings (SSSR count). The first-order valence-corrected chi connectivity index (χ1v) is 9.85. The molecule has 28 heavy (non-hydrogen) atoms. The van der Waals surface area contributed by atoms with Crippen molar-refractivity contribution in [1.29, 1.82) is 0 Å². The molecular weight excluding hydrogens is 381 g/mol. The minimum absolute atomic E-state index is 0.230. The summed E-state index contributed by atoms with van der Waals surface area (Å²) in [6.07, 6.45) is 1.43. The summed E-state index contributed by atoms with van der Waals surface area (Å²) in [4.78, 5) is 14.8. The van der Waals surface area contributed by atoms with Crippen molar-refractivity contribution in [2.75, 3.05) is 44.1 Å². The summed E-state index contributed by atoms with van der Waals surface area (Å²) in [7, 11) is 1.61. The number of carbonyl (C=O) groups is 1. The Morgan fingerprint density at radius 2 is 2.04 bits per heavy atom. The fourth-order valence-corrected chi connectivity index (χ4v) is 3.39. The van der Waals surface area contributed by atoms with Gasteiger partial charge >= 0.3 is 0 Å². The van der Waals surface area contributed by atoms with Crippen LogP contribution in [0.3, 0.4) is 0 Å². The topological polar surface area (TPSA) is 63.2 Å². The zero-order chi connectivity index (χ0) is 19.8. The van der Waals surface area contributed by atoms with Gasteiger partial charge in [-0.1, -0.05) is 6.07 Å². The van der Waals surface area contributed by atoms with Crippen LogP contribution in [0.15, 0.2) is 52.5 Å². The van der Waals surface area contributed by atoms with Crippen molar-refractivity contribution in [2.45, 2.75) is 4.90 Å². The van der Waals surface area contributed by atoms with E-state index in [1.807, 2.05) is 29.2 Å². The molecule has 0 saturated carbocycles. The third-order valence-corrected chi connectivity index (χ3v) is 5.17. The summed E-state index contributed by atoms with van der Waals surface area (Å²) in [5, 5.41) is 3.91. The van der Waals surface area contributed by atoms with E-state index >= 15 is 0 Å². The Morgan fingerprint density at radius 1 is 1.29 bits per heavy atom. The van der Waals surface area contributed by atoms with Crippen LogP contribution in [0.2, 0.25) is 0 Å². The number of hydrazone groups is 1. The van der Waals surface area contributed by atoms with E-state index in [9.17, 15) is 9.18 Å². The van der Waals surface area contributed by atoms with Crippen molar-refractivity contribution in [3.8, 4) is 5.75 Å². The molecule has 1 aliphatic heterocycles. The number of rotatable bonds is 7. The molecule has 2 aromatic carbocycles. The monoisotopic (exact) mass is 403 g/mol. The number of morpholine rings is 1. The molecule has 1 N–H and O–H groups in total. The molecule has 6 nitrogen and oxygen atoms in total. The smallest absolute Gasteiger partial charge is 0.250 e. The van der Waals surface area contributed by atoms with Gasteiger partial charge in [-0.3, -0.25) is 4.79 Å². The fourth-order valence-electron chi connectivity index (χ4n) is 2.70. The third-order valence-electron chi connectivity index (χ3n) is 4.16. The van der Waals surface area contributed by atoms with Gasteiger partial charge < -0.3 is 14.4 Å². The molecular formula is C20H22FN3O3S. The second-order valence-corrected chi connectivity index (χ2v) is 7.12. The minimum atomic E-state index is -0.313. The highest BCUT2D eigenvalue weighted by molar-refractivity contribution is 8.00. The first-order chi connectivity index (χ1) is 13.7. The van der Waals surface area contributed by atoms with Gasteiger partial charge in [0.1, 0.15) is 11.6 Å². The molecule has 0 atom stereocenters. The zero-order valence-corrected chi connectivity index (χ0v) is 16.4. The highest BCUT2D eigenvalue weighted by Gasteiger charge is 2.15. The van der Waals surface area contributed by atoms with E-state index in [1.165, 1.54) is 24.0 Å². The molecule has 0 aromatic heterocycles. The van der Waals surface area contributed by atoms with E-state index in [0.29, 0.717) is 37.6 Å². The number of amides is 1. The van der Waals surface area contributed by atoms with Gasteiger partial charge in [-0.2, -0.15) is 5.10 Å². The lowest BCUT2D eigenvalue weighted by Gasteiger charge is -2.29. The van der Waals surface area contributed by atoms with Crippen LogP contribution in [0.1, 0.15) is 5.56 Å². The maximum Gasteiger partial charge on any atom is 0.250 e. The Balaban J connectivity index is 1.48. The van der Waals surface area contributed by atoms with Gasteiger partial charge in [-0.05, 0) is 42.0 Å². The van der Waals surface area contributed by atoms with Crippen LogP contribution in [0.4, 0.5) is 10.1 Å². The zero-order valence-electron chi connectivity index (χ0n) is 15.6. The van der Waals surface area contributed by atoms with Gasteiger partial charge in [-0.25, -0.2) is 9.82 Å². The van der Waals surface area contributed by atoms with E-state index < -0.39 is 0 Å². The van der Waals surface area contributed by atoms with Crippen LogP contribution >= 0.6 is 11.8 Å². The minimum Gasteiger partial charge on any atom is -0.497 e. The lowest BCUT2D eigenvalue weighted by molar-refractivity contribution is -0.118. The van der Waals surface area contributed by atoms with E-state index in [0.717, 1.165) is 10.6 Å². The second-order valence-electron chi connectivity index (χ2n) is 6.07. The largest absolute Gasteiger partial charge is 0.497 e. The number of thioether (sulfide) groups is 1. The lowest BCUT2D eigenvalue weighted by atomic mass is 10.2. The quantitative estimate of drug-likeness (QED) is 0.438. The summed E-state index contributed by atoms with van der Waals surface area (Å²) < 4.78 is 24.7. The van der Waals surface area contributed by atoms with E-state index in [1.54, 1.807) is 19.2 Å². The van der Waals surface area contributed by atoms with Gasteiger partial charge in [0.2, 0.25) is 5.91 Å². The molecule has 0 aliphatic carbocycles. The molecule has 0 radical (unpaired) electrons. The molecule has 8 heteroatoms. The molecule has 0 bridgehead atoms. The maximum atomic E-state index is 14.3. The summed E-state index contributed by atoms with van der Waals surface area (Å²) >= 11 is 1.40. The summed E-state index contributed by atoms with van der Waals surface area (Å²) in [6.45, 7) is 2.55. The highest BCUT2D eigenvalue weighted by atomic mass is 32.2. The molecule has 1 fully saturated rings. The van der Waals surface area contributed by atoms with E-state index in [-0.39, 0.29) is 17.5 Å². The number of halogens is 1. The third kappa shape index (κ3) is 5.71. The van der Waals surface area contributed by atoms with Crippen LogP contribution in [-0.4, -0.2) is 51.3 Å². The van der Waals surface area contributed by atoms with Gasteiger partial charge in [0.05, 0.1) is 38.0 Å². The number of anilines is 1. The number of hydrogen-bond acceptors (Lipinski definition) is 6. The van der Waals surface area contributed by atoms with E-state index in [4.69, 9.17) is 9.47 Å². The summed E-state index contributed by atoms with van der Waals surface area (Å²) in [5.74, 6) is 0.452. The van der Waals surface area contributed by atoms with Crippen molar-refractivity contribution in [3.05, 3.63) is 53.8 Å². The molecule has 148 valence electrons. The van der Waals surface area contributed by atoms with Crippen LogP contribution in [0.25, 0.3) is 0 Å². The average molecular weight is 403 g/mol. The Labute approximate surface area is 167 Å². The molecule has 1 aliphatic rings. The van der Waals surface area contributed by atoms with Crippen molar-refractivity contribution in [2.24, 2.45) is 5.10 Å². The predicted molar refractivity (Wildman–Crippen MR) is 109 cm³/mol. The van der Waals surface area contributed by atoms with Crippen molar-refractivity contribution >= 4 is 29.6 Å². The number of carbonyl (C=O) groups excluding carboxylic acids is 1. The SMILES string of the molecule is COc1ccc(SCC(=O)N/N=C/c2ccc(N3CCOCC3)c(F)c2)cc1. The first-order valence-electron chi connectivity index (χ1n) is 8.87. The average Bonchev–Trinajstić information content (AvgIpc) is 2.73. The lowest BCUT2D eigenvalue weighted by Crippen LogP contribution is -2.36. The number of ether oxygens (including phenoxy) is 2. The van der Waals surface area contributed by atoms with Crippen LogP contribution in [-0.2, 0) is 9.53 Å². The fraction of sp³-hybridized carbons (Fsp3) is 0.300. The first kappa shape index (κ1) is 20.2. The van der Waals surface area contributed by atoms with Crippen LogP contribution in [0, 0.1) is 5.82 Å². The van der Waals surface area contributed by atoms with Gasteiger partial charge in [-0.15, -0.1) is 11.8 Å². The number of nitrogens with zero attached hydrogens (tertiary/aromatic N) is 2. The maximum absolute atomic E-state index is 14.3. The molecule has 1 amide bonds. The highest BCUT2D eigenvalue weighted by Crippen LogP contribution is 2.22. The number of benzene rings is 2. The van der Waals surface area contributed by atoms with Gasteiger partial charge in [0.25, 0.3) is 0 Å². The summed E-state index contributed by atoms with van der Waals surface area (Å²) in [5.41, 5.74) is 3.59. The number of nitrogens with one attached hydrogen (secondary N) is 1. The Kier molecular flexibility index (Phi) is 7.27. The van der Waals surface area contributed by atoms with Crippen LogP contribution in [0.5, 0.6) is 5.75 Å². The van der Waals surface area contributed by atoms with Crippen molar-refractivity contribution in [3.63, 3.8) is 0 Å². The standard InChI is InChI=1S/C20H22FN3O3S/c1-26-16-3-5-17(6-4-16)28-14-20(25)23-22-13-15-2-7-19(18(21)12-15)24-8-10-27-11-9-24/h2-7,12-13H,8-11,14H2,1H3,(H,23,25)/b22-13+. The normalized spacial score (nSPS) is 14.3. The number of methoxy groups -OCH3 is 1. The molecule has 0 spiro atoms. The van der Waals surface area contributed by atoms with Gasteiger partial charge in [0, 0.05) is 18.0 Å². The molecule has 1 saturated heterocycles.